The van der Waals surface area contributed by atoms with Gasteiger partial charge in [-0.1, -0.05) is 43.2 Å². The van der Waals surface area contributed by atoms with Crippen molar-refractivity contribution >= 4 is 21.7 Å². The van der Waals surface area contributed by atoms with Crippen LogP contribution >= 0.6 is 0 Å². The molecule has 0 bridgehead atoms. The predicted octanol–water partition coefficient (Wildman–Crippen LogP) is 1.62. The van der Waals surface area contributed by atoms with Gasteiger partial charge in [0.2, 0.25) is 5.91 Å². The molecule has 1 amide bonds. The van der Waals surface area contributed by atoms with E-state index in [0.29, 0.717) is 5.56 Å². The van der Waals surface area contributed by atoms with Gasteiger partial charge in [0, 0.05) is 0 Å². The molecule has 0 heterocycles. The Kier molecular flexibility index (Phi) is 6.32. The Labute approximate surface area is 136 Å². The molecule has 7 heteroatoms. The van der Waals surface area contributed by atoms with E-state index >= 15 is 0 Å². The summed E-state index contributed by atoms with van der Waals surface area (Å²) in [7, 11) is -3.55. The molecule has 0 spiro atoms. The van der Waals surface area contributed by atoms with Crippen molar-refractivity contribution in [3.8, 4) is 0 Å². The van der Waals surface area contributed by atoms with E-state index < -0.39 is 33.5 Å². The van der Waals surface area contributed by atoms with Crippen LogP contribution < -0.4 is 5.32 Å². The molecule has 0 aromatic heterocycles. The highest BCUT2D eigenvalue weighted by atomic mass is 32.2. The van der Waals surface area contributed by atoms with E-state index in [1.807, 2.05) is 19.9 Å². The molecule has 0 fully saturated rings. The standard InChI is InChI=1S/C16H23NO5S/c1-10(2)8-23(21,22)9-14(18)17-15(16(19)20)13-6-11(3)5-12(4)7-13/h5-7,10,15H,8-9H2,1-4H3,(H,17,18)(H,19,20). The summed E-state index contributed by atoms with van der Waals surface area (Å²) in [5.74, 6) is -2.95. The Morgan fingerprint density at radius 3 is 2.09 bits per heavy atom. The molecular formula is C16H23NO5S. The fourth-order valence-electron chi connectivity index (χ4n) is 2.43. The summed E-state index contributed by atoms with van der Waals surface area (Å²) < 4.78 is 23.7. The molecule has 0 aliphatic heterocycles. The number of hydrogen-bond acceptors (Lipinski definition) is 4. The summed E-state index contributed by atoms with van der Waals surface area (Å²) in [4.78, 5) is 23.4. The van der Waals surface area contributed by atoms with Gasteiger partial charge < -0.3 is 10.4 Å². The van der Waals surface area contributed by atoms with E-state index in [2.05, 4.69) is 5.32 Å². The van der Waals surface area contributed by atoms with Crippen LogP contribution in [0.4, 0.5) is 0 Å². The number of carboxylic acid groups (broad SMARTS) is 1. The third-order valence-corrected chi connectivity index (χ3v) is 4.94. The normalized spacial score (nSPS) is 12.9. The lowest BCUT2D eigenvalue weighted by molar-refractivity contribution is -0.141. The monoisotopic (exact) mass is 341 g/mol. The van der Waals surface area contributed by atoms with E-state index in [-0.39, 0.29) is 11.7 Å². The number of benzene rings is 1. The average Bonchev–Trinajstić information content (AvgIpc) is 2.31. The number of rotatable bonds is 7. The number of nitrogens with one attached hydrogen (secondary N) is 1. The number of carbonyl (C=O) groups is 2. The zero-order chi connectivity index (χ0) is 17.8. The first kappa shape index (κ1) is 19.2. The number of aliphatic carboxylic acids is 1. The third kappa shape index (κ3) is 6.40. The van der Waals surface area contributed by atoms with Crippen LogP contribution in [0.25, 0.3) is 0 Å². The highest BCUT2D eigenvalue weighted by molar-refractivity contribution is 7.92. The number of amides is 1. The van der Waals surface area contributed by atoms with Crippen LogP contribution in [-0.4, -0.2) is 36.9 Å². The lowest BCUT2D eigenvalue weighted by atomic mass is 10.0. The van der Waals surface area contributed by atoms with Crippen LogP contribution in [0.15, 0.2) is 18.2 Å². The van der Waals surface area contributed by atoms with Crippen molar-refractivity contribution < 1.29 is 23.1 Å². The minimum atomic E-state index is -3.55. The minimum Gasteiger partial charge on any atom is -0.479 e. The second kappa shape index (κ2) is 7.59. The maximum Gasteiger partial charge on any atom is 0.330 e. The van der Waals surface area contributed by atoms with Gasteiger partial charge in [-0.25, -0.2) is 13.2 Å². The third-order valence-electron chi connectivity index (χ3n) is 3.07. The van der Waals surface area contributed by atoms with Crippen molar-refractivity contribution in [2.45, 2.75) is 33.7 Å². The fourth-order valence-corrected chi connectivity index (χ4v) is 4.05. The smallest absolute Gasteiger partial charge is 0.330 e. The number of carbonyl (C=O) groups excluding carboxylic acids is 1. The molecule has 0 saturated carbocycles. The number of carboxylic acids is 1. The summed E-state index contributed by atoms with van der Waals surface area (Å²) in [6, 6.07) is 3.94. The predicted molar refractivity (Wildman–Crippen MR) is 87.9 cm³/mol. The molecule has 0 aliphatic carbocycles. The Bertz CT molecular complexity index is 674. The van der Waals surface area contributed by atoms with Crippen molar-refractivity contribution in [1.82, 2.24) is 5.32 Å². The molecule has 0 aliphatic rings. The van der Waals surface area contributed by atoms with E-state index in [4.69, 9.17) is 0 Å². The van der Waals surface area contributed by atoms with Crippen LogP contribution in [0.1, 0.15) is 36.6 Å². The maximum absolute atomic E-state index is 11.9. The lowest BCUT2D eigenvalue weighted by Gasteiger charge is -2.16. The summed E-state index contributed by atoms with van der Waals surface area (Å²) in [6.45, 7) is 7.13. The molecule has 128 valence electrons. The molecular weight excluding hydrogens is 318 g/mol. The molecule has 23 heavy (non-hydrogen) atoms. The Balaban J connectivity index is 2.92. The Morgan fingerprint density at radius 2 is 1.65 bits per heavy atom. The van der Waals surface area contributed by atoms with Gasteiger partial charge in [-0.3, -0.25) is 4.79 Å². The van der Waals surface area contributed by atoms with Crippen LogP contribution in [0, 0.1) is 19.8 Å². The van der Waals surface area contributed by atoms with E-state index in [0.717, 1.165) is 11.1 Å². The van der Waals surface area contributed by atoms with Gasteiger partial charge in [0.1, 0.15) is 5.75 Å². The van der Waals surface area contributed by atoms with Crippen LogP contribution in [0.5, 0.6) is 0 Å². The SMILES string of the molecule is Cc1cc(C)cc(C(NC(=O)CS(=O)(=O)CC(C)C)C(=O)O)c1. The fraction of sp³-hybridized carbons (Fsp3) is 0.500. The second-order valence-electron chi connectivity index (χ2n) is 6.21. The van der Waals surface area contributed by atoms with Gasteiger partial charge in [-0.2, -0.15) is 0 Å². The first-order valence-corrected chi connectivity index (χ1v) is 9.13. The topological polar surface area (TPSA) is 101 Å². The van der Waals surface area contributed by atoms with Crippen molar-refractivity contribution in [3.63, 3.8) is 0 Å². The van der Waals surface area contributed by atoms with E-state index in [1.54, 1.807) is 26.0 Å². The molecule has 2 N–H and O–H groups in total. The average molecular weight is 341 g/mol. The zero-order valence-electron chi connectivity index (χ0n) is 13.8. The summed E-state index contributed by atoms with van der Waals surface area (Å²) in [6.07, 6.45) is 0. The quantitative estimate of drug-likeness (QED) is 0.785. The first-order valence-electron chi connectivity index (χ1n) is 7.31. The number of hydrogen-bond donors (Lipinski definition) is 2. The highest BCUT2D eigenvalue weighted by Gasteiger charge is 2.25. The maximum atomic E-state index is 11.9. The van der Waals surface area contributed by atoms with Gasteiger partial charge in [0.25, 0.3) is 0 Å². The van der Waals surface area contributed by atoms with Gasteiger partial charge >= 0.3 is 5.97 Å². The van der Waals surface area contributed by atoms with Gasteiger partial charge in [0.15, 0.2) is 15.9 Å². The Hall–Kier alpha value is -1.89. The Morgan fingerprint density at radius 1 is 1.13 bits per heavy atom. The molecule has 0 radical (unpaired) electrons. The largest absolute Gasteiger partial charge is 0.479 e. The summed E-state index contributed by atoms with van der Waals surface area (Å²) >= 11 is 0. The molecule has 1 atom stereocenters. The molecule has 1 rings (SSSR count). The summed E-state index contributed by atoms with van der Waals surface area (Å²) in [5, 5.41) is 11.6. The van der Waals surface area contributed by atoms with Gasteiger partial charge in [0.05, 0.1) is 5.75 Å². The zero-order valence-corrected chi connectivity index (χ0v) is 14.6. The molecule has 1 aromatic rings. The van der Waals surface area contributed by atoms with Crippen molar-refractivity contribution in [2.75, 3.05) is 11.5 Å². The molecule has 6 nitrogen and oxygen atoms in total. The van der Waals surface area contributed by atoms with Gasteiger partial charge in [-0.15, -0.1) is 0 Å². The van der Waals surface area contributed by atoms with Crippen LogP contribution in [0.2, 0.25) is 0 Å². The second-order valence-corrected chi connectivity index (χ2v) is 8.32. The first-order chi connectivity index (χ1) is 10.5. The number of aryl methyl sites for hydroxylation is 2. The number of sulfone groups is 1. The molecule has 1 unspecified atom stereocenters. The van der Waals surface area contributed by atoms with Gasteiger partial charge in [-0.05, 0) is 25.3 Å². The molecule has 1 aromatic carbocycles. The molecule has 0 saturated heterocycles. The van der Waals surface area contributed by atoms with Crippen LogP contribution in [0.3, 0.4) is 0 Å². The van der Waals surface area contributed by atoms with E-state index in [1.165, 1.54) is 0 Å². The van der Waals surface area contributed by atoms with Crippen molar-refractivity contribution in [2.24, 2.45) is 5.92 Å². The van der Waals surface area contributed by atoms with E-state index in [9.17, 15) is 23.1 Å². The van der Waals surface area contributed by atoms with Crippen molar-refractivity contribution in [1.29, 1.82) is 0 Å². The lowest BCUT2D eigenvalue weighted by Crippen LogP contribution is -2.38. The van der Waals surface area contributed by atoms with Crippen molar-refractivity contribution in [3.05, 3.63) is 34.9 Å². The van der Waals surface area contributed by atoms with Crippen LogP contribution in [-0.2, 0) is 19.4 Å². The minimum absolute atomic E-state index is 0.0949. The summed E-state index contributed by atoms with van der Waals surface area (Å²) in [5.41, 5.74) is 2.16. The highest BCUT2D eigenvalue weighted by Crippen LogP contribution is 2.17.